The Kier molecular flexibility index (Phi) is 6.65. The van der Waals surface area contributed by atoms with Crippen LogP contribution < -0.4 is 10.6 Å². The van der Waals surface area contributed by atoms with E-state index in [1.165, 1.54) is 10.6 Å². The molecule has 4 rings (SSSR count). The summed E-state index contributed by atoms with van der Waals surface area (Å²) in [6, 6.07) is 2.10. The minimum Gasteiger partial charge on any atom is -0.349 e. The van der Waals surface area contributed by atoms with E-state index < -0.39 is 29.3 Å². The number of piperazine rings is 1. The lowest BCUT2D eigenvalue weighted by molar-refractivity contribution is -0.139. The number of fused-ring (bicyclic) bond motifs is 1. The van der Waals surface area contributed by atoms with Gasteiger partial charge in [-0.2, -0.15) is 18.2 Å². The number of hydrogen-bond donors (Lipinski definition) is 0. The Bertz CT molecular complexity index is 1280. The van der Waals surface area contributed by atoms with E-state index in [0.29, 0.717) is 49.0 Å². The van der Waals surface area contributed by atoms with Crippen LogP contribution in [0.4, 0.5) is 23.4 Å². The molecule has 190 valence electrons. The van der Waals surface area contributed by atoms with Crippen LogP contribution >= 0.6 is 0 Å². The molecule has 0 radical (unpaired) electrons. The summed E-state index contributed by atoms with van der Waals surface area (Å²) in [6.45, 7) is 6.67. The van der Waals surface area contributed by atoms with Gasteiger partial charge in [0.1, 0.15) is 17.0 Å². The van der Waals surface area contributed by atoms with Crippen LogP contribution in [-0.2, 0) is 20.3 Å². The summed E-state index contributed by atoms with van der Waals surface area (Å²) in [5.41, 5.74) is -0.0173. The highest BCUT2D eigenvalue weighted by Crippen LogP contribution is 2.39. The summed E-state index contributed by atoms with van der Waals surface area (Å²) in [4.78, 5) is 25.6. The maximum absolute atomic E-state index is 13.7. The molecule has 3 atom stereocenters. The Morgan fingerprint density at radius 3 is 2.43 bits per heavy atom. The zero-order valence-electron chi connectivity index (χ0n) is 20.5. The van der Waals surface area contributed by atoms with E-state index in [2.05, 4.69) is 19.8 Å². The van der Waals surface area contributed by atoms with Crippen LogP contribution in [0.25, 0.3) is 11.2 Å². The predicted octanol–water partition coefficient (Wildman–Crippen LogP) is 4.27. The van der Waals surface area contributed by atoms with E-state index in [4.69, 9.17) is 0 Å². The quantitative estimate of drug-likeness (QED) is 0.496. The smallest absolute Gasteiger partial charge is 0.349 e. The molecule has 2 aromatic heterocycles. The Hall–Kier alpha value is -2.95. The SMILES string of the molecule is CC[C@H]1CN(C(C)c2ccc(F)cc2C(F)(F)F)[C@H](CC)CN1c1nc(=O)n(C)c2c1ncn2C. The fourth-order valence-corrected chi connectivity index (χ4v) is 5.22. The van der Waals surface area contributed by atoms with Crippen LogP contribution in [0.5, 0.6) is 0 Å². The molecule has 1 saturated heterocycles. The summed E-state index contributed by atoms with van der Waals surface area (Å²) in [6.07, 6.45) is -1.65. The van der Waals surface area contributed by atoms with Gasteiger partial charge in [0.05, 0.1) is 11.9 Å². The van der Waals surface area contributed by atoms with Crippen molar-refractivity contribution in [1.29, 1.82) is 0 Å². The third-order valence-corrected chi connectivity index (χ3v) is 7.15. The molecule has 3 aromatic rings. The number of imidazole rings is 1. The molecule has 0 amide bonds. The first-order valence-electron chi connectivity index (χ1n) is 11.7. The zero-order valence-corrected chi connectivity index (χ0v) is 20.5. The number of nitrogens with zero attached hydrogens (tertiary/aromatic N) is 6. The largest absolute Gasteiger partial charge is 0.416 e. The molecule has 0 bridgehead atoms. The minimum atomic E-state index is -4.65. The molecule has 1 aliphatic heterocycles. The first kappa shape index (κ1) is 25.2. The van der Waals surface area contributed by atoms with Crippen molar-refractivity contribution in [3.63, 3.8) is 0 Å². The number of aromatic nitrogens is 4. The molecule has 0 spiro atoms. The summed E-state index contributed by atoms with van der Waals surface area (Å²) in [7, 11) is 3.46. The summed E-state index contributed by atoms with van der Waals surface area (Å²) in [5, 5.41) is 0. The van der Waals surface area contributed by atoms with Gasteiger partial charge < -0.3 is 9.47 Å². The summed E-state index contributed by atoms with van der Waals surface area (Å²) in [5.74, 6) is -0.410. The normalized spacial score (nSPS) is 20.5. The van der Waals surface area contributed by atoms with Crippen molar-refractivity contribution in [1.82, 2.24) is 24.0 Å². The molecule has 1 aliphatic rings. The number of alkyl halides is 3. The number of rotatable bonds is 5. The maximum atomic E-state index is 13.7. The summed E-state index contributed by atoms with van der Waals surface area (Å²) < 4.78 is 58.2. The molecule has 0 saturated carbocycles. The van der Waals surface area contributed by atoms with Crippen LogP contribution in [0.1, 0.15) is 50.8 Å². The second kappa shape index (κ2) is 9.25. The highest BCUT2D eigenvalue weighted by atomic mass is 19.4. The van der Waals surface area contributed by atoms with Crippen molar-refractivity contribution in [2.45, 2.75) is 57.9 Å². The standard InChI is InChI=1S/C24H30F4N6O/c1-6-16-12-34(21-20-22(31(4)13-29-20)32(5)23(35)30-21)17(7-2)11-33(16)14(3)18-9-8-15(25)10-19(18)24(26,27)28/h8-10,13-14,16-17H,6-7,11-12H2,1-5H3/t14?,16-,17+/m1/s1. The zero-order chi connectivity index (χ0) is 25.7. The van der Waals surface area contributed by atoms with Crippen LogP contribution in [0, 0.1) is 5.82 Å². The number of halogens is 4. The van der Waals surface area contributed by atoms with Crippen molar-refractivity contribution < 1.29 is 17.6 Å². The van der Waals surface area contributed by atoms with E-state index in [0.717, 1.165) is 6.07 Å². The highest BCUT2D eigenvalue weighted by molar-refractivity contribution is 5.84. The predicted molar refractivity (Wildman–Crippen MR) is 126 cm³/mol. The van der Waals surface area contributed by atoms with Gasteiger partial charge in [-0.1, -0.05) is 19.9 Å². The van der Waals surface area contributed by atoms with E-state index in [-0.39, 0.29) is 17.6 Å². The van der Waals surface area contributed by atoms with Gasteiger partial charge in [0, 0.05) is 45.3 Å². The van der Waals surface area contributed by atoms with Crippen molar-refractivity contribution in [2.24, 2.45) is 14.1 Å². The average Bonchev–Trinajstić information content (AvgIpc) is 3.21. The Labute approximate surface area is 201 Å². The Morgan fingerprint density at radius 2 is 1.80 bits per heavy atom. The van der Waals surface area contributed by atoms with Crippen LogP contribution in [-0.4, -0.2) is 49.2 Å². The van der Waals surface area contributed by atoms with E-state index in [9.17, 15) is 22.4 Å². The minimum absolute atomic E-state index is 0.0551. The van der Waals surface area contributed by atoms with Gasteiger partial charge in [0.15, 0.2) is 5.82 Å². The maximum Gasteiger partial charge on any atom is 0.416 e. The van der Waals surface area contributed by atoms with Gasteiger partial charge in [-0.3, -0.25) is 9.47 Å². The second-order valence-corrected chi connectivity index (χ2v) is 9.18. The second-order valence-electron chi connectivity index (χ2n) is 9.18. The molecular formula is C24H30F4N6O. The van der Waals surface area contributed by atoms with Crippen LogP contribution in [0.15, 0.2) is 29.3 Å². The lowest BCUT2D eigenvalue weighted by Gasteiger charge is -2.49. The number of aryl methyl sites for hydroxylation is 2. The monoisotopic (exact) mass is 494 g/mol. The van der Waals surface area contributed by atoms with Gasteiger partial charge >= 0.3 is 11.9 Å². The summed E-state index contributed by atoms with van der Waals surface area (Å²) >= 11 is 0. The van der Waals surface area contributed by atoms with E-state index in [1.54, 1.807) is 24.9 Å². The fourth-order valence-electron chi connectivity index (χ4n) is 5.22. The van der Waals surface area contributed by atoms with Crippen molar-refractivity contribution in [3.8, 4) is 0 Å². The molecule has 11 heteroatoms. The van der Waals surface area contributed by atoms with Crippen molar-refractivity contribution in [2.75, 3.05) is 18.0 Å². The van der Waals surface area contributed by atoms with Crippen LogP contribution in [0.3, 0.4) is 0 Å². The molecule has 0 aliphatic carbocycles. The molecule has 1 fully saturated rings. The van der Waals surface area contributed by atoms with Gasteiger partial charge in [-0.15, -0.1) is 0 Å². The van der Waals surface area contributed by atoms with Gasteiger partial charge in [0.25, 0.3) is 0 Å². The molecule has 35 heavy (non-hydrogen) atoms. The lowest BCUT2D eigenvalue weighted by Crippen LogP contribution is -2.59. The third kappa shape index (κ3) is 4.41. The van der Waals surface area contributed by atoms with Crippen LogP contribution in [0.2, 0.25) is 0 Å². The third-order valence-electron chi connectivity index (χ3n) is 7.15. The molecule has 1 unspecified atom stereocenters. The van der Waals surface area contributed by atoms with Gasteiger partial charge in [-0.05, 0) is 37.5 Å². The highest BCUT2D eigenvalue weighted by Gasteiger charge is 2.40. The number of anilines is 1. The molecule has 7 nitrogen and oxygen atoms in total. The van der Waals surface area contributed by atoms with Crippen molar-refractivity contribution in [3.05, 3.63) is 52.0 Å². The first-order chi connectivity index (χ1) is 16.5. The average molecular weight is 495 g/mol. The molecule has 3 heterocycles. The molecule has 1 aromatic carbocycles. The Morgan fingerprint density at radius 1 is 1.11 bits per heavy atom. The van der Waals surface area contributed by atoms with Crippen molar-refractivity contribution >= 4 is 17.0 Å². The van der Waals surface area contributed by atoms with Gasteiger partial charge in [-0.25, -0.2) is 14.2 Å². The van der Waals surface area contributed by atoms with E-state index in [1.807, 2.05) is 20.9 Å². The topological polar surface area (TPSA) is 59.2 Å². The first-order valence-corrected chi connectivity index (χ1v) is 11.7. The number of hydrogen-bond acceptors (Lipinski definition) is 5. The molecular weight excluding hydrogens is 464 g/mol. The lowest BCUT2D eigenvalue weighted by atomic mass is 9.94. The molecule has 0 N–H and O–H groups in total. The fraction of sp³-hybridized carbons (Fsp3) is 0.542. The Balaban J connectivity index is 1.74. The van der Waals surface area contributed by atoms with E-state index >= 15 is 0 Å². The van der Waals surface area contributed by atoms with Gasteiger partial charge in [0.2, 0.25) is 0 Å². The number of benzene rings is 1.